The summed E-state index contributed by atoms with van der Waals surface area (Å²) in [4.78, 5) is 11.8. The van der Waals surface area contributed by atoms with Crippen LogP contribution in [0.2, 0.25) is 0 Å². The summed E-state index contributed by atoms with van der Waals surface area (Å²) in [5, 5.41) is 1.95. The SMILES string of the molecule is CCOC(=O)C1Cc2ccc3c(OC)cccc3c2O1. The van der Waals surface area contributed by atoms with Gasteiger partial charge in [-0.15, -0.1) is 0 Å². The molecule has 0 fully saturated rings. The lowest BCUT2D eigenvalue weighted by molar-refractivity contribution is -0.150. The number of ether oxygens (including phenoxy) is 3. The molecule has 0 aromatic heterocycles. The molecular weight excluding hydrogens is 256 g/mol. The molecule has 0 bridgehead atoms. The maximum absolute atomic E-state index is 11.8. The molecule has 4 nitrogen and oxygen atoms in total. The smallest absolute Gasteiger partial charge is 0.347 e. The molecule has 1 heterocycles. The molecule has 2 aromatic rings. The fourth-order valence-corrected chi connectivity index (χ4v) is 2.57. The molecule has 3 rings (SSSR count). The highest BCUT2D eigenvalue weighted by molar-refractivity contribution is 5.95. The normalized spacial score (nSPS) is 16.6. The van der Waals surface area contributed by atoms with Crippen LogP contribution in [0, 0.1) is 0 Å². The van der Waals surface area contributed by atoms with Gasteiger partial charge >= 0.3 is 5.97 Å². The van der Waals surface area contributed by atoms with Crippen LogP contribution in [0.25, 0.3) is 10.8 Å². The van der Waals surface area contributed by atoms with Gasteiger partial charge in [-0.2, -0.15) is 0 Å². The number of fused-ring (bicyclic) bond motifs is 3. The molecule has 1 aliphatic heterocycles. The van der Waals surface area contributed by atoms with Gasteiger partial charge in [0.05, 0.1) is 13.7 Å². The molecule has 4 heteroatoms. The van der Waals surface area contributed by atoms with Crippen LogP contribution in [-0.4, -0.2) is 25.8 Å². The Kier molecular flexibility index (Phi) is 3.22. The van der Waals surface area contributed by atoms with Crippen LogP contribution in [0.15, 0.2) is 30.3 Å². The van der Waals surface area contributed by atoms with E-state index in [4.69, 9.17) is 14.2 Å². The fraction of sp³-hybridized carbons (Fsp3) is 0.312. The fourth-order valence-electron chi connectivity index (χ4n) is 2.57. The zero-order valence-electron chi connectivity index (χ0n) is 11.5. The maximum Gasteiger partial charge on any atom is 0.347 e. The first-order valence-electron chi connectivity index (χ1n) is 6.66. The predicted molar refractivity (Wildman–Crippen MR) is 75.3 cm³/mol. The van der Waals surface area contributed by atoms with Crippen molar-refractivity contribution in [3.63, 3.8) is 0 Å². The molecule has 0 N–H and O–H groups in total. The van der Waals surface area contributed by atoms with E-state index in [1.54, 1.807) is 14.0 Å². The van der Waals surface area contributed by atoms with Crippen molar-refractivity contribution in [3.05, 3.63) is 35.9 Å². The number of hydrogen-bond acceptors (Lipinski definition) is 4. The monoisotopic (exact) mass is 272 g/mol. The summed E-state index contributed by atoms with van der Waals surface area (Å²) in [7, 11) is 1.64. The van der Waals surface area contributed by atoms with Crippen LogP contribution in [0.1, 0.15) is 12.5 Å². The van der Waals surface area contributed by atoms with Crippen LogP contribution in [0.3, 0.4) is 0 Å². The van der Waals surface area contributed by atoms with Gasteiger partial charge in [0.2, 0.25) is 0 Å². The zero-order chi connectivity index (χ0) is 14.1. The molecule has 20 heavy (non-hydrogen) atoms. The quantitative estimate of drug-likeness (QED) is 0.806. The summed E-state index contributed by atoms with van der Waals surface area (Å²) in [5.74, 6) is 1.26. The van der Waals surface area contributed by atoms with E-state index in [1.165, 1.54) is 0 Å². The molecular formula is C16H16O4. The van der Waals surface area contributed by atoms with Gasteiger partial charge in [0, 0.05) is 17.2 Å². The number of rotatable bonds is 3. The third-order valence-corrected chi connectivity index (χ3v) is 3.49. The van der Waals surface area contributed by atoms with Crippen molar-refractivity contribution in [2.24, 2.45) is 0 Å². The number of esters is 1. The summed E-state index contributed by atoms with van der Waals surface area (Å²) < 4.78 is 16.2. The molecule has 2 aromatic carbocycles. The number of carbonyl (C=O) groups is 1. The van der Waals surface area contributed by atoms with E-state index >= 15 is 0 Å². The Hall–Kier alpha value is -2.23. The average Bonchev–Trinajstić information content (AvgIpc) is 2.91. The molecule has 0 saturated heterocycles. The predicted octanol–water partition coefficient (Wildman–Crippen LogP) is 2.72. The average molecular weight is 272 g/mol. The van der Waals surface area contributed by atoms with E-state index in [1.807, 2.05) is 30.3 Å². The molecule has 1 unspecified atom stereocenters. The molecule has 1 atom stereocenters. The van der Waals surface area contributed by atoms with Crippen molar-refractivity contribution < 1.29 is 19.0 Å². The van der Waals surface area contributed by atoms with Gasteiger partial charge in [-0.1, -0.05) is 24.3 Å². The lowest BCUT2D eigenvalue weighted by atomic mass is 10.0. The van der Waals surface area contributed by atoms with Crippen molar-refractivity contribution in [2.45, 2.75) is 19.4 Å². The van der Waals surface area contributed by atoms with Crippen LogP contribution in [-0.2, 0) is 16.0 Å². The van der Waals surface area contributed by atoms with Crippen molar-refractivity contribution in [3.8, 4) is 11.5 Å². The molecule has 0 aliphatic carbocycles. The van der Waals surface area contributed by atoms with Crippen molar-refractivity contribution in [2.75, 3.05) is 13.7 Å². The summed E-state index contributed by atoms with van der Waals surface area (Å²) >= 11 is 0. The summed E-state index contributed by atoms with van der Waals surface area (Å²) in [6.07, 6.45) is 0.0168. The van der Waals surface area contributed by atoms with Gasteiger partial charge in [0.15, 0.2) is 6.10 Å². The van der Waals surface area contributed by atoms with Gasteiger partial charge in [0.25, 0.3) is 0 Å². The summed E-state index contributed by atoms with van der Waals surface area (Å²) in [6.45, 7) is 2.16. The van der Waals surface area contributed by atoms with E-state index in [2.05, 4.69) is 0 Å². The topological polar surface area (TPSA) is 44.8 Å². The van der Waals surface area contributed by atoms with Gasteiger partial charge in [-0.05, 0) is 18.6 Å². The molecule has 1 aliphatic rings. The first kappa shape index (κ1) is 12.8. The van der Waals surface area contributed by atoms with E-state index in [9.17, 15) is 4.79 Å². The Morgan fingerprint density at radius 1 is 1.30 bits per heavy atom. The van der Waals surface area contributed by atoms with E-state index < -0.39 is 6.10 Å². The van der Waals surface area contributed by atoms with E-state index in [0.29, 0.717) is 13.0 Å². The summed E-state index contributed by atoms with van der Waals surface area (Å²) in [5.41, 5.74) is 1.03. The number of methoxy groups -OCH3 is 1. The minimum absolute atomic E-state index is 0.306. The summed E-state index contributed by atoms with van der Waals surface area (Å²) in [6, 6.07) is 9.79. The zero-order valence-corrected chi connectivity index (χ0v) is 11.5. The Morgan fingerprint density at radius 3 is 2.90 bits per heavy atom. The van der Waals surface area contributed by atoms with E-state index in [0.717, 1.165) is 27.8 Å². The minimum atomic E-state index is -0.540. The second-order valence-corrected chi connectivity index (χ2v) is 4.67. The van der Waals surface area contributed by atoms with Crippen LogP contribution < -0.4 is 9.47 Å². The third kappa shape index (κ3) is 1.97. The maximum atomic E-state index is 11.8. The Labute approximate surface area is 117 Å². The largest absolute Gasteiger partial charge is 0.496 e. The first-order chi connectivity index (χ1) is 9.74. The van der Waals surface area contributed by atoms with E-state index in [-0.39, 0.29) is 5.97 Å². The lowest BCUT2D eigenvalue weighted by Crippen LogP contribution is -2.27. The first-order valence-corrected chi connectivity index (χ1v) is 6.66. The molecule has 0 saturated carbocycles. The van der Waals surface area contributed by atoms with Gasteiger partial charge < -0.3 is 14.2 Å². The highest BCUT2D eigenvalue weighted by Crippen LogP contribution is 2.39. The lowest BCUT2D eigenvalue weighted by Gasteiger charge is -2.11. The van der Waals surface area contributed by atoms with Crippen molar-refractivity contribution >= 4 is 16.7 Å². The third-order valence-electron chi connectivity index (χ3n) is 3.49. The highest BCUT2D eigenvalue weighted by atomic mass is 16.6. The van der Waals surface area contributed by atoms with Gasteiger partial charge in [0.1, 0.15) is 11.5 Å². The Balaban J connectivity index is 2.02. The molecule has 0 amide bonds. The molecule has 0 spiro atoms. The van der Waals surface area contributed by atoms with Gasteiger partial charge in [-0.3, -0.25) is 0 Å². The Morgan fingerprint density at radius 2 is 2.15 bits per heavy atom. The van der Waals surface area contributed by atoms with Gasteiger partial charge in [-0.25, -0.2) is 4.79 Å². The van der Waals surface area contributed by atoms with Crippen LogP contribution in [0.5, 0.6) is 11.5 Å². The van der Waals surface area contributed by atoms with Crippen LogP contribution >= 0.6 is 0 Å². The Bertz CT molecular complexity index is 663. The molecule has 104 valence electrons. The number of carbonyl (C=O) groups excluding carboxylic acids is 1. The van der Waals surface area contributed by atoms with Crippen molar-refractivity contribution in [1.82, 2.24) is 0 Å². The highest BCUT2D eigenvalue weighted by Gasteiger charge is 2.31. The number of hydrogen-bond donors (Lipinski definition) is 0. The molecule has 0 radical (unpaired) electrons. The number of benzene rings is 2. The second-order valence-electron chi connectivity index (χ2n) is 4.67. The van der Waals surface area contributed by atoms with Crippen LogP contribution in [0.4, 0.5) is 0 Å². The van der Waals surface area contributed by atoms with Crippen molar-refractivity contribution in [1.29, 1.82) is 0 Å². The standard InChI is InChI=1S/C16H16O4/c1-3-19-16(17)14-9-10-7-8-11-12(15(10)20-14)5-4-6-13(11)18-2/h4-8,14H,3,9H2,1-2H3. The second kappa shape index (κ2) is 5.04. The minimum Gasteiger partial charge on any atom is -0.496 e.